The first-order valence-corrected chi connectivity index (χ1v) is 8.67. The van der Waals surface area contributed by atoms with Crippen molar-refractivity contribution in [2.75, 3.05) is 12.3 Å². The van der Waals surface area contributed by atoms with Crippen LogP contribution in [0, 0.1) is 11.6 Å². The molecule has 0 aliphatic heterocycles. The van der Waals surface area contributed by atoms with Gasteiger partial charge in [-0.2, -0.15) is 0 Å². The molecule has 7 heteroatoms. The van der Waals surface area contributed by atoms with E-state index in [0.717, 1.165) is 17.7 Å². The Morgan fingerprint density at radius 1 is 1.00 bits per heavy atom. The van der Waals surface area contributed by atoms with Gasteiger partial charge in [0.2, 0.25) is 10.0 Å². The van der Waals surface area contributed by atoms with Crippen LogP contribution in [0.4, 0.5) is 8.78 Å². The Bertz CT molecular complexity index is 731. The molecule has 4 nitrogen and oxygen atoms in total. The number of sulfonamides is 1. The Kier molecular flexibility index (Phi) is 5.81. The van der Waals surface area contributed by atoms with Gasteiger partial charge >= 0.3 is 0 Å². The van der Waals surface area contributed by atoms with Crippen molar-refractivity contribution in [3.05, 3.63) is 71.3 Å². The average molecular weight is 341 g/mol. The molecule has 0 aliphatic carbocycles. The number of rotatable bonds is 7. The van der Waals surface area contributed by atoms with Gasteiger partial charge in [0.25, 0.3) is 0 Å². The van der Waals surface area contributed by atoms with Crippen molar-refractivity contribution in [2.45, 2.75) is 12.5 Å². The Balaban J connectivity index is 1.93. The average Bonchev–Trinajstić information content (AvgIpc) is 2.52. The number of nitrogens with one attached hydrogen (secondary N) is 1. The fraction of sp³-hybridized carbons (Fsp3) is 0.250. The number of aliphatic hydroxyl groups is 1. The SMILES string of the molecule is O=S(=O)(CCc1ccccc1)NC[C@H](O)c1c(F)cccc1F. The molecule has 23 heavy (non-hydrogen) atoms. The van der Waals surface area contributed by atoms with Crippen LogP contribution in [0.2, 0.25) is 0 Å². The predicted octanol–water partition coefficient (Wildman–Crippen LogP) is 2.16. The zero-order chi connectivity index (χ0) is 16.9. The number of benzene rings is 2. The van der Waals surface area contributed by atoms with E-state index in [4.69, 9.17) is 0 Å². The predicted molar refractivity (Wildman–Crippen MR) is 83.3 cm³/mol. The zero-order valence-electron chi connectivity index (χ0n) is 12.2. The molecule has 1 atom stereocenters. The molecule has 0 spiro atoms. The van der Waals surface area contributed by atoms with Gasteiger partial charge in [0.05, 0.1) is 17.4 Å². The van der Waals surface area contributed by atoms with Crippen molar-refractivity contribution in [3.8, 4) is 0 Å². The summed E-state index contributed by atoms with van der Waals surface area (Å²) >= 11 is 0. The molecule has 0 saturated carbocycles. The van der Waals surface area contributed by atoms with Crippen molar-refractivity contribution in [1.82, 2.24) is 4.72 Å². The molecule has 2 rings (SSSR count). The van der Waals surface area contributed by atoms with Crippen LogP contribution in [0.3, 0.4) is 0 Å². The Morgan fingerprint density at radius 2 is 1.61 bits per heavy atom. The molecule has 124 valence electrons. The van der Waals surface area contributed by atoms with Gasteiger partial charge < -0.3 is 5.11 Å². The van der Waals surface area contributed by atoms with Crippen LogP contribution < -0.4 is 4.72 Å². The number of halogens is 2. The topological polar surface area (TPSA) is 66.4 Å². The van der Waals surface area contributed by atoms with Crippen LogP contribution >= 0.6 is 0 Å². The summed E-state index contributed by atoms with van der Waals surface area (Å²) in [6, 6.07) is 12.2. The van der Waals surface area contributed by atoms with Gasteiger partial charge in [-0.1, -0.05) is 36.4 Å². The first kappa shape index (κ1) is 17.5. The molecule has 0 aliphatic rings. The van der Waals surface area contributed by atoms with Crippen LogP contribution in [0.15, 0.2) is 48.5 Å². The standard InChI is InChI=1S/C16H17F2NO3S/c17-13-7-4-8-14(18)16(13)15(20)11-19-23(21,22)10-9-12-5-2-1-3-6-12/h1-8,15,19-20H,9-11H2/t15-/m0/s1. The van der Waals surface area contributed by atoms with Crippen molar-refractivity contribution in [2.24, 2.45) is 0 Å². The summed E-state index contributed by atoms with van der Waals surface area (Å²) in [6.45, 7) is -0.491. The highest BCUT2D eigenvalue weighted by molar-refractivity contribution is 7.89. The maximum Gasteiger partial charge on any atom is 0.212 e. The second-order valence-electron chi connectivity index (χ2n) is 5.05. The minimum atomic E-state index is -3.66. The molecule has 2 N–H and O–H groups in total. The molecule has 0 radical (unpaired) electrons. The van der Waals surface area contributed by atoms with Crippen LogP contribution in [-0.2, 0) is 16.4 Å². The fourth-order valence-electron chi connectivity index (χ4n) is 2.11. The Hall–Kier alpha value is -1.83. The number of hydrogen-bond acceptors (Lipinski definition) is 3. The van der Waals surface area contributed by atoms with E-state index in [0.29, 0.717) is 6.42 Å². The highest BCUT2D eigenvalue weighted by Gasteiger charge is 2.20. The van der Waals surface area contributed by atoms with Gasteiger partial charge in [-0.05, 0) is 24.1 Å². The van der Waals surface area contributed by atoms with Crippen LogP contribution in [0.25, 0.3) is 0 Å². The maximum atomic E-state index is 13.5. The highest BCUT2D eigenvalue weighted by atomic mass is 32.2. The molecule has 0 unspecified atom stereocenters. The molecular formula is C16H17F2NO3S. The van der Waals surface area contributed by atoms with Crippen LogP contribution in [-0.4, -0.2) is 25.8 Å². The summed E-state index contributed by atoms with van der Waals surface area (Å²) < 4.78 is 53.0. The van der Waals surface area contributed by atoms with Crippen molar-refractivity contribution in [3.63, 3.8) is 0 Å². The minimum Gasteiger partial charge on any atom is -0.387 e. The lowest BCUT2D eigenvalue weighted by Crippen LogP contribution is -2.31. The maximum absolute atomic E-state index is 13.5. The van der Waals surface area contributed by atoms with Gasteiger partial charge in [-0.3, -0.25) is 0 Å². The van der Waals surface area contributed by atoms with Gasteiger partial charge in [0.1, 0.15) is 11.6 Å². The summed E-state index contributed by atoms with van der Waals surface area (Å²) in [5.74, 6) is -2.01. The Morgan fingerprint density at radius 3 is 2.22 bits per heavy atom. The smallest absolute Gasteiger partial charge is 0.212 e. The van der Waals surface area contributed by atoms with Gasteiger partial charge in [0.15, 0.2) is 0 Å². The number of aryl methyl sites for hydroxylation is 1. The van der Waals surface area contributed by atoms with E-state index in [1.807, 2.05) is 6.07 Å². The van der Waals surface area contributed by atoms with E-state index in [9.17, 15) is 22.3 Å². The first-order chi connectivity index (χ1) is 10.9. The summed E-state index contributed by atoms with van der Waals surface area (Å²) in [4.78, 5) is 0. The summed E-state index contributed by atoms with van der Waals surface area (Å²) in [5.41, 5.74) is 0.317. The third-order valence-corrected chi connectivity index (χ3v) is 4.68. The lowest BCUT2D eigenvalue weighted by atomic mass is 10.1. The second kappa shape index (κ2) is 7.63. The van der Waals surface area contributed by atoms with Crippen LogP contribution in [0.5, 0.6) is 0 Å². The summed E-state index contributed by atoms with van der Waals surface area (Å²) in [5, 5.41) is 9.82. The molecular weight excluding hydrogens is 324 g/mol. The molecule has 2 aromatic rings. The molecule has 0 heterocycles. The Labute approximate surface area is 133 Å². The normalized spacial score (nSPS) is 13.0. The fourth-order valence-corrected chi connectivity index (χ4v) is 3.17. The molecule has 0 fully saturated rings. The lowest BCUT2D eigenvalue weighted by Gasteiger charge is -2.14. The second-order valence-corrected chi connectivity index (χ2v) is 6.98. The third kappa shape index (κ3) is 5.09. The van der Waals surface area contributed by atoms with E-state index in [1.165, 1.54) is 6.07 Å². The third-order valence-electron chi connectivity index (χ3n) is 3.33. The van der Waals surface area contributed by atoms with Gasteiger partial charge in [-0.25, -0.2) is 21.9 Å². The van der Waals surface area contributed by atoms with Crippen molar-refractivity contribution < 1.29 is 22.3 Å². The molecule has 0 amide bonds. The van der Waals surface area contributed by atoms with E-state index in [1.54, 1.807) is 24.3 Å². The van der Waals surface area contributed by atoms with Gasteiger partial charge in [0, 0.05) is 6.54 Å². The lowest BCUT2D eigenvalue weighted by molar-refractivity contribution is 0.172. The number of hydrogen-bond donors (Lipinski definition) is 2. The monoisotopic (exact) mass is 341 g/mol. The van der Waals surface area contributed by atoms with E-state index in [-0.39, 0.29) is 5.75 Å². The molecule has 0 saturated heterocycles. The van der Waals surface area contributed by atoms with E-state index < -0.39 is 39.9 Å². The van der Waals surface area contributed by atoms with Crippen LogP contribution in [0.1, 0.15) is 17.2 Å². The minimum absolute atomic E-state index is 0.177. The quantitative estimate of drug-likeness (QED) is 0.811. The highest BCUT2D eigenvalue weighted by Crippen LogP contribution is 2.20. The molecule has 0 bridgehead atoms. The zero-order valence-corrected chi connectivity index (χ0v) is 13.1. The first-order valence-electron chi connectivity index (χ1n) is 7.02. The largest absolute Gasteiger partial charge is 0.387 e. The molecule has 0 aromatic heterocycles. The van der Waals surface area contributed by atoms with Crippen molar-refractivity contribution in [1.29, 1.82) is 0 Å². The van der Waals surface area contributed by atoms with E-state index in [2.05, 4.69) is 4.72 Å². The molecule has 2 aromatic carbocycles. The summed E-state index contributed by atoms with van der Waals surface area (Å²) in [7, 11) is -3.66. The number of aliphatic hydroxyl groups excluding tert-OH is 1. The van der Waals surface area contributed by atoms with Gasteiger partial charge in [-0.15, -0.1) is 0 Å². The van der Waals surface area contributed by atoms with E-state index >= 15 is 0 Å². The van der Waals surface area contributed by atoms with Crippen molar-refractivity contribution >= 4 is 10.0 Å². The summed E-state index contributed by atoms with van der Waals surface area (Å²) in [6.07, 6.45) is -1.29.